The predicted molar refractivity (Wildman–Crippen MR) is 126 cm³/mol. The lowest BCUT2D eigenvalue weighted by atomic mass is 9.71. The summed E-state index contributed by atoms with van der Waals surface area (Å²) in [5.41, 5.74) is 1.61. The number of benzene rings is 1. The van der Waals surface area contributed by atoms with Crippen molar-refractivity contribution in [3.63, 3.8) is 0 Å². The fraction of sp³-hybridized carbons (Fsp3) is 0.480. The lowest BCUT2D eigenvalue weighted by molar-refractivity contribution is 0.141. The first-order valence-corrected chi connectivity index (χ1v) is 11.9. The highest BCUT2D eigenvalue weighted by Crippen LogP contribution is 2.45. The highest BCUT2D eigenvalue weighted by atomic mass is 19.3. The zero-order chi connectivity index (χ0) is 24.5. The van der Waals surface area contributed by atoms with E-state index in [-0.39, 0.29) is 39.0 Å². The zero-order valence-electron chi connectivity index (χ0n) is 19.9. The third kappa shape index (κ3) is 3.84. The first kappa shape index (κ1) is 22.3. The Morgan fingerprint density at radius 2 is 1.97 bits per heavy atom. The number of aromatic nitrogens is 4. The standard InChI is InChI=1S/C25H27F3N6O/c1-14-11-34-22(30-14)16(21(27)28)10-18(32-34)15-8-17(26)20-19(9-15)35-23(31-20)33-7-5-25(13-33)4-6-29-24(2,3)12-25/h8-11,21,29H,4-7,12-13H2,1-3H3. The number of hydrogen-bond donors (Lipinski definition) is 1. The number of anilines is 1. The predicted octanol–water partition coefficient (Wildman–Crippen LogP) is 5.28. The van der Waals surface area contributed by atoms with Crippen LogP contribution < -0.4 is 10.2 Å². The van der Waals surface area contributed by atoms with Crippen LogP contribution in [0.1, 0.15) is 50.8 Å². The number of aryl methyl sites for hydroxylation is 1. The van der Waals surface area contributed by atoms with Crippen molar-refractivity contribution in [3.8, 4) is 11.3 Å². The molecule has 184 valence electrons. The molecule has 2 saturated heterocycles. The summed E-state index contributed by atoms with van der Waals surface area (Å²) in [6, 6.07) is 4.53. The van der Waals surface area contributed by atoms with E-state index in [1.807, 2.05) is 0 Å². The Morgan fingerprint density at radius 3 is 2.74 bits per heavy atom. The van der Waals surface area contributed by atoms with Gasteiger partial charge in [-0.25, -0.2) is 22.7 Å². The number of nitrogens with zero attached hydrogens (tertiary/aromatic N) is 5. The van der Waals surface area contributed by atoms with E-state index < -0.39 is 12.2 Å². The number of rotatable bonds is 3. The average Bonchev–Trinajstić information content (AvgIpc) is 3.48. The fourth-order valence-corrected chi connectivity index (χ4v) is 5.88. The van der Waals surface area contributed by atoms with E-state index >= 15 is 4.39 Å². The molecule has 6 rings (SSSR count). The number of halogens is 3. The molecule has 1 unspecified atom stereocenters. The quantitative estimate of drug-likeness (QED) is 0.427. The molecule has 0 amide bonds. The second kappa shape index (κ2) is 7.68. The topological polar surface area (TPSA) is 71.5 Å². The molecule has 0 radical (unpaired) electrons. The van der Waals surface area contributed by atoms with Crippen molar-refractivity contribution in [3.05, 3.63) is 41.5 Å². The Hall–Kier alpha value is -3.14. The van der Waals surface area contributed by atoms with Crippen LogP contribution in [-0.4, -0.2) is 44.8 Å². The minimum absolute atomic E-state index is 0.0789. The first-order chi connectivity index (χ1) is 16.6. The average molecular weight is 485 g/mol. The molecule has 0 aliphatic carbocycles. The molecular weight excluding hydrogens is 457 g/mol. The molecule has 0 bridgehead atoms. The molecule has 10 heteroatoms. The van der Waals surface area contributed by atoms with Gasteiger partial charge in [0.15, 0.2) is 17.0 Å². The normalized spacial score (nSPS) is 22.3. The number of piperidine rings is 1. The van der Waals surface area contributed by atoms with Gasteiger partial charge >= 0.3 is 0 Å². The molecule has 5 heterocycles. The van der Waals surface area contributed by atoms with Gasteiger partial charge in [-0.2, -0.15) is 10.1 Å². The molecule has 2 fully saturated rings. The van der Waals surface area contributed by atoms with Crippen molar-refractivity contribution in [2.75, 3.05) is 24.5 Å². The molecule has 3 aromatic heterocycles. The van der Waals surface area contributed by atoms with Gasteiger partial charge in [0, 0.05) is 24.2 Å². The highest BCUT2D eigenvalue weighted by Gasteiger charge is 2.45. The Bertz CT molecular complexity index is 1440. The molecule has 4 aromatic rings. The molecule has 2 aliphatic rings. The van der Waals surface area contributed by atoms with E-state index in [2.05, 4.69) is 39.1 Å². The van der Waals surface area contributed by atoms with Crippen molar-refractivity contribution in [2.24, 2.45) is 5.41 Å². The molecule has 1 aromatic carbocycles. The number of fused-ring (bicyclic) bond motifs is 2. The highest BCUT2D eigenvalue weighted by molar-refractivity contribution is 5.81. The summed E-state index contributed by atoms with van der Waals surface area (Å²) in [5.74, 6) is -0.577. The lowest BCUT2D eigenvalue weighted by Gasteiger charge is -2.43. The SMILES string of the molecule is Cc1cn2nc(-c3cc(F)c4nc(N5CCC6(CCNC(C)(C)C6)C5)oc4c3)cc(C(F)F)c2n1. The Kier molecular flexibility index (Phi) is 4.90. The summed E-state index contributed by atoms with van der Waals surface area (Å²) in [7, 11) is 0. The summed E-state index contributed by atoms with van der Waals surface area (Å²) in [4.78, 5) is 10.7. The van der Waals surface area contributed by atoms with Gasteiger partial charge in [-0.15, -0.1) is 0 Å². The number of imidazole rings is 1. The number of hydrogen-bond acceptors (Lipinski definition) is 6. The minimum atomic E-state index is -2.74. The lowest BCUT2D eigenvalue weighted by Crippen LogP contribution is -2.51. The van der Waals surface area contributed by atoms with Gasteiger partial charge in [-0.3, -0.25) is 0 Å². The summed E-state index contributed by atoms with van der Waals surface area (Å²) >= 11 is 0. The van der Waals surface area contributed by atoms with Gasteiger partial charge in [-0.1, -0.05) is 0 Å². The molecule has 0 saturated carbocycles. The van der Waals surface area contributed by atoms with Crippen LogP contribution in [0.2, 0.25) is 0 Å². The van der Waals surface area contributed by atoms with Crippen LogP contribution in [-0.2, 0) is 0 Å². The second-order valence-corrected chi connectivity index (χ2v) is 10.6. The maximum Gasteiger partial charge on any atom is 0.298 e. The Morgan fingerprint density at radius 1 is 1.14 bits per heavy atom. The molecule has 2 aliphatic heterocycles. The van der Waals surface area contributed by atoms with Gasteiger partial charge in [0.1, 0.15) is 5.52 Å². The van der Waals surface area contributed by atoms with Crippen molar-refractivity contribution in [1.29, 1.82) is 0 Å². The second-order valence-electron chi connectivity index (χ2n) is 10.6. The van der Waals surface area contributed by atoms with E-state index in [1.54, 1.807) is 19.2 Å². The van der Waals surface area contributed by atoms with E-state index in [0.717, 1.165) is 38.9 Å². The maximum absolute atomic E-state index is 15.1. The van der Waals surface area contributed by atoms with Crippen LogP contribution in [0, 0.1) is 18.2 Å². The summed E-state index contributed by atoms with van der Waals surface area (Å²) in [5, 5.41) is 7.96. The van der Waals surface area contributed by atoms with Crippen LogP contribution in [0.3, 0.4) is 0 Å². The van der Waals surface area contributed by atoms with Gasteiger partial charge in [-0.05, 0) is 70.2 Å². The van der Waals surface area contributed by atoms with Crippen molar-refractivity contribution in [1.82, 2.24) is 24.9 Å². The van der Waals surface area contributed by atoms with Gasteiger partial charge in [0.05, 0.1) is 23.1 Å². The van der Waals surface area contributed by atoms with Gasteiger partial charge in [0.25, 0.3) is 12.4 Å². The minimum Gasteiger partial charge on any atom is -0.423 e. The van der Waals surface area contributed by atoms with Crippen molar-refractivity contribution in [2.45, 2.75) is 52.0 Å². The summed E-state index contributed by atoms with van der Waals surface area (Å²) in [6.07, 6.45) is 2.00. The molecular formula is C25H27F3N6O. The number of nitrogens with one attached hydrogen (secondary N) is 1. The first-order valence-electron chi connectivity index (χ1n) is 11.9. The van der Waals surface area contributed by atoms with E-state index in [9.17, 15) is 8.78 Å². The van der Waals surface area contributed by atoms with E-state index in [1.165, 1.54) is 16.6 Å². The molecule has 1 N–H and O–H groups in total. The maximum atomic E-state index is 15.1. The summed E-state index contributed by atoms with van der Waals surface area (Å²) in [6.45, 7) is 8.74. The van der Waals surface area contributed by atoms with Crippen molar-refractivity contribution < 1.29 is 17.6 Å². The van der Waals surface area contributed by atoms with Crippen LogP contribution in [0.25, 0.3) is 28.0 Å². The van der Waals surface area contributed by atoms with Crippen LogP contribution in [0.5, 0.6) is 0 Å². The van der Waals surface area contributed by atoms with Crippen molar-refractivity contribution >= 4 is 22.8 Å². The molecule has 35 heavy (non-hydrogen) atoms. The monoisotopic (exact) mass is 484 g/mol. The summed E-state index contributed by atoms with van der Waals surface area (Å²) < 4.78 is 49.9. The number of oxazole rings is 1. The Balaban J connectivity index is 1.36. The molecule has 1 spiro atoms. The zero-order valence-corrected chi connectivity index (χ0v) is 19.9. The van der Waals surface area contributed by atoms with Crippen LogP contribution in [0.4, 0.5) is 19.2 Å². The Labute approximate surface area is 200 Å². The van der Waals surface area contributed by atoms with E-state index in [4.69, 9.17) is 4.42 Å². The number of alkyl halides is 2. The smallest absolute Gasteiger partial charge is 0.298 e. The van der Waals surface area contributed by atoms with E-state index in [0.29, 0.717) is 17.3 Å². The van der Waals surface area contributed by atoms with Crippen LogP contribution in [0.15, 0.2) is 28.8 Å². The van der Waals surface area contributed by atoms with Gasteiger partial charge in [0.2, 0.25) is 0 Å². The fourth-order valence-electron chi connectivity index (χ4n) is 5.88. The largest absolute Gasteiger partial charge is 0.423 e. The third-order valence-corrected chi connectivity index (χ3v) is 7.33. The molecule has 7 nitrogen and oxygen atoms in total. The van der Waals surface area contributed by atoms with Gasteiger partial charge < -0.3 is 14.6 Å². The molecule has 1 atom stereocenters. The third-order valence-electron chi connectivity index (χ3n) is 7.33. The van der Waals surface area contributed by atoms with Crippen LogP contribution >= 0.6 is 0 Å².